The summed E-state index contributed by atoms with van der Waals surface area (Å²) >= 11 is 1.63. The topological polar surface area (TPSA) is 74.2 Å². The van der Waals surface area contributed by atoms with Gasteiger partial charge in [-0.3, -0.25) is 0 Å². The molecular weight excluding hydrogens is 540 g/mol. The number of rotatable bonds is 11. The van der Waals surface area contributed by atoms with Crippen LogP contribution in [0, 0.1) is 6.92 Å². The van der Waals surface area contributed by atoms with Crippen molar-refractivity contribution >= 4 is 35.7 Å². The Bertz CT molecular complexity index is 1310. The molecule has 3 aromatic rings. The molecule has 0 radical (unpaired) electrons. The van der Waals surface area contributed by atoms with Gasteiger partial charge < -0.3 is 23.7 Å². The minimum Gasteiger partial charge on any atom is -0.496 e. The summed E-state index contributed by atoms with van der Waals surface area (Å²) in [6.45, 7) is 13.3. The molecule has 6 nitrogen and oxygen atoms in total. The maximum Gasteiger partial charge on any atom is 0.336 e. The fraction of sp³-hybridized carbons (Fsp3) is 0.531. The molecule has 0 amide bonds. The zero-order valence-electron chi connectivity index (χ0n) is 25.1. The largest absolute Gasteiger partial charge is 0.496 e. The van der Waals surface area contributed by atoms with Crippen molar-refractivity contribution < 1.29 is 28.5 Å². The predicted molar refractivity (Wildman–Crippen MR) is 165 cm³/mol. The number of ether oxygens (including phenoxy) is 3. The normalized spacial score (nSPS) is 16.3. The van der Waals surface area contributed by atoms with Crippen molar-refractivity contribution in [2.45, 2.75) is 96.2 Å². The molecule has 0 spiro atoms. The van der Waals surface area contributed by atoms with Crippen LogP contribution >= 0.6 is 11.3 Å². The Kier molecular flexibility index (Phi) is 9.34. The minimum absolute atomic E-state index is 0.00394. The summed E-state index contributed by atoms with van der Waals surface area (Å²) in [5, 5.41) is 10.5. The van der Waals surface area contributed by atoms with Gasteiger partial charge in [0.05, 0.1) is 38.1 Å². The molecular formula is C32H44O6SSi. The Morgan fingerprint density at radius 2 is 1.70 bits per heavy atom. The molecule has 2 aromatic carbocycles. The first-order valence-electron chi connectivity index (χ1n) is 14.1. The molecule has 0 bridgehead atoms. The monoisotopic (exact) mass is 584 g/mol. The number of thiophene rings is 1. The third kappa shape index (κ3) is 6.56. The standard InChI is InChI=1S/C32H44O6SSi/c1-20-26(35-5)16-21(17-27(20)36-6)30(38-40(7,8)32(2,3)4)28(37-22-12-9-10-13-22)19-23-18-25-24(31(33)34)14-11-15-29(25)39-23/h11,14-18,22,28,30H,9-10,12-13,19H2,1-8H3,(H,33,34). The second-order valence-corrected chi connectivity index (χ2v) is 18.3. The SMILES string of the molecule is COc1cc(C(O[Si](C)(C)C(C)(C)C)C(Cc2cc3c(C(=O)O)cccc3s2)OC2CCCC2)cc(OC)c1C. The molecule has 2 unspecified atom stereocenters. The van der Waals surface area contributed by atoms with Gasteiger partial charge in [-0.1, -0.05) is 39.7 Å². The molecule has 1 heterocycles. The van der Waals surface area contributed by atoms with E-state index in [1.165, 1.54) is 12.8 Å². The second-order valence-electron chi connectivity index (χ2n) is 12.4. The van der Waals surface area contributed by atoms with Crippen LogP contribution in [0.15, 0.2) is 36.4 Å². The molecule has 4 rings (SSSR count). The van der Waals surface area contributed by atoms with Crippen LogP contribution in [0.2, 0.25) is 18.1 Å². The van der Waals surface area contributed by atoms with Crippen LogP contribution in [-0.4, -0.2) is 45.8 Å². The summed E-state index contributed by atoms with van der Waals surface area (Å²) < 4.78 is 26.7. The highest BCUT2D eigenvalue weighted by atomic mass is 32.1. The van der Waals surface area contributed by atoms with Crippen molar-refractivity contribution in [2.75, 3.05) is 14.2 Å². The minimum atomic E-state index is -2.25. The first-order chi connectivity index (χ1) is 18.8. The molecule has 1 fully saturated rings. The van der Waals surface area contributed by atoms with E-state index in [1.807, 2.05) is 25.1 Å². The number of fused-ring (bicyclic) bond motifs is 1. The smallest absolute Gasteiger partial charge is 0.336 e. The lowest BCUT2D eigenvalue weighted by Crippen LogP contribution is -2.45. The van der Waals surface area contributed by atoms with Crippen molar-refractivity contribution in [2.24, 2.45) is 0 Å². The highest BCUT2D eigenvalue weighted by Crippen LogP contribution is 2.44. The average Bonchev–Trinajstić information content (AvgIpc) is 3.55. The molecule has 1 aromatic heterocycles. The lowest BCUT2D eigenvalue weighted by atomic mass is 9.98. The second kappa shape index (κ2) is 12.2. The number of aromatic carboxylic acids is 1. The van der Waals surface area contributed by atoms with Gasteiger partial charge in [0.1, 0.15) is 11.5 Å². The van der Waals surface area contributed by atoms with Gasteiger partial charge >= 0.3 is 5.97 Å². The first kappa shape index (κ1) is 30.6. The molecule has 1 aliphatic rings. The van der Waals surface area contributed by atoms with Gasteiger partial charge in [0.2, 0.25) is 0 Å². The van der Waals surface area contributed by atoms with Gasteiger partial charge in [0, 0.05) is 26.9 Å². The fourth-order valence-corrected chi connectivity index (χ4v) is 7.63. The molecule has 1 N–H and O–H groups in total. The van der Waals surface area contributed by atoms with Gasteiger partial charge in [-0.15, -0.1) is 11.3 Å². The number of methoxy groups -OCH3 is 2. The Hall–Kier alpha value is -2.39. The average molecular weight is 585 g/mol. The molecule has 2 atom stereocenters. The van der Waals surface area contributed by atoms with Crippen molar-refractivity contribution in [1.82, 2.24) is 0 Å². The molecule has 1 saturated carbocycles. The number of hydrogen-bond acceptors (Lipinski definition) is 6. The van der Waals surface area contributed by atoms with E-state index in [4.69, 9.17) is 18.6 Å². The number of carboxylic acids is 1. The van der Waals surface area contributed by atoms with E-state index in [0.717, 1.165) is 50.4 Å². The maximum absolute atomic E-state index is 11.9. The first-order valence-corrected chi connectivity index (χ1v) is 17.9. The van der Waals surface area contributed by atoms with Gasteiger partial charge in [-0.2, -0.15) is 0 Å². The quantitative estimate of drug-likeness (QED) is 0.228. The summed E-state index contributed by atoms with van der Waals surface area (Å²) in [5.74, 6) is 0.600. The van der Waals surface area contributed by atoms with Gasteiger partial charge in [0.15, 0.2) is 8.32 Å². The summed E-state index contributed by atoms with van der Waals surface area (Å²) in [6.07, 6.45) is 4.59. The van der Waals surface area contributed by atoms with Crippen molar-refractivity contribution in [3.8, 4) is 11.5 Å². The highest BCUT2D eigenvalue weighted by molar-refractivity contribution is 7.19. The number of carbonyl (C=O) groups is 1. The molecule has 0 saturated heterocycles. The third-order valence-electron chi connectivity index (χ3n) is 8.58. The van der Waals surface area contributed by atoms with Crippen LogP contribution in [0.25, 0.3) is 10.1 Å². The molecule has 8 heteroatoms. The molecule has 40 heavy (non-hydrogen) atoms. The van der Waals surface area contributed by atoms with Crippen molar-refractivity contribution in [3.63, 3.8) is 0 Å². The Morgan fingerprint density at radius 1 is 1.07 bits per heavy atom. The van der Waals surface area contributed by atoms with E-state index in [1.54, 1.807) is 31.6 Å². The predicted octanol–water partition coefficient (Wildman–Crippen LogP) is 8.56. The van der Waals surface area contributed by atoms with E-state index < -0.39 is 14.3 Å². The van der Waals surface area contributed by atoms with Gasteiger partial charge in [-0.05, 0) is 73.8 Å². The lowest BCUT2D eigenvalue weighted by Gasteiger charge is -2.42. The third-order valence-corrected chi connectivity index (χ3v) is 14.2. The fourth-order valence-electron chi connectivity index (χ4n) is 5.22. The van der Waals surface area contributed by atoms with E-state index in [0.29, 0.717) is 12.0 Å². The molecule has 0 aliphatic heterocycles. The summed E-state index contributed by atoms with van der Waals surface area (Å²) in [7, 11) is 1.11. The number of carboxylic acid groups (broad SMARTS) is 1. The van der Waals surface area contributed by atoms with Crippen LogP contribution in [0.3, 0.4) is 0 Å². The van der Waals surface area contributed by atoms with Crippen LogP contribution in [0.5, 0.6) is 11.5 Å². The van der Waals surface area contributed by atoms with E-state index in [9.17, 15) is 9.90 Å². The molecule has 1 aliphatic carbocycles. The Balaban J connectivity index is 1.83. The summed E-state index contributed by atoms with van der Waals surface area (Å²) in [5.41, 5.74) is 2.24. The van der Waals surface area contributed by atoms with E-state index in [2.05, 4.69) is 46.0 Å². The Labute approximate surface area is 243 Å². The highest BCUT2D eigenvalue weighted by Gasteiger charge is 2.42. The van der Waals surface area contributed by atoms with Crippen LogP contribution in [0.4, 0.5) is 0 Å². The van der Waals surface area contributed by atoms with E-state index in [-0.39, 0.29) is 23.4 Å². The zero-order chi connectivity index (χ0) is 29.2. The van der Waals surface area contributed by atoms with Crippen LogP contribution in [-0.2, 0) is 15.6 Å². The van der Waals surface area contributed by atoms with E-state index >= 15 is 0 Å². The number of benzene rings is 2. The van der Waals surface area contributed by atoms with Crippen LogP contribution in [0.1, 0.15) is 78.9 Å². The van der Waals surface area contributed by atoms with Crippen LogP contribution < -0.4 is 9.47 Å². The van der Waals surface area contributed by atoms with Crippen molar-refractivity contribution in [1.29, 1.82) is 0 Å². The van der Waals surface area contributed by atoms with Crippen molar-refractivity contribution in [3.05, 3.63) is 58.0 Å². The summed E-state index contributed by atoms with van der Waals surface area (Å²) in [4.78, 5) is 13.0. The lowest BCUT2D eigenvalue weighted by molar-refractivity contribution is -0.0701. The Morgan fingerprint density at radius 3 is 2.25 bits per heavy atom. The molecule has 218 valence electrons. The zero-order valence-corrected chi connectivity index (χ0v) is 26.9. The maximum atomic E-state index is 11.9. The summed E-state index contributed by atoms with van der Waals surface area (Å²) in [6, 6.07) is 11.6. The van der Waals surface area contributed by atoms with Gasteiger partial charge in [-0.25, -0.2) is 4.79 Å². The van der Waals surface area contributed by atoms with Gasteiger partial charge in [0.25, 0.3) is 0 Å². The number of hydrogen-bond donors (Lipinski definition) is 1.